The number of aliphatic carboxylic acids is 1. The SMILES string of the molecule is CO[C@@H](CNC(=O)[C@H](CC(=O)[C@H](O)[C@H](C)O)[C@H](O)c1cncn1C)[C@H](O)[C@H](O)C(=O)N(C)[C@@H](Cc1ccccc1)C(=O)C[C@H](O)C(=O)N[C@H](C(=O)C[C@@H](CO)C(=O)N[C@H](C(=O)C[C@@H](CC(C)C)C(=O)N[C@@H](CO)C(=O)O)C(C)(C)O)C(C)(C)O. The lowest BCUT2D eigenvalue weighted by Gasteiger charge is -2.33. The van der Waals surface area contributed by atoms with E-state index in [0.717, 1.165) is 53.7 Å². The number of carboxylic acid groups (broad SMARTS) is 1. The highest BCUT2D eigenvalue weighted by molar-refractivity contribution is 5.98. The Morgan fingerprint density at radius 2 is 1.23 bits per heavy atom. The number of aliphatic hydroxyl groups is 10. The number of ketones is 4. The number of methoxy groups -OCH3 is 1. The average molecular weight is 1200 g/mol. The second kappa shape index (κ2) is 33.3. The van der Waals surface area contributed by atoms with Gasteiger partial charge < -0.3 is 91.6 Å². The van der Waals surface area contributed by atoms with E-state index in [0.29, 0.717) is 5.56 Å². The van der Waals surface area contributed by atoms with Crippen LogP contribution < -0.4 is 21.3 Å². The second-order valence-corrected chi connectivity index (χ2v) is 22.5. The van der Waals surface area contributed by atoms with E-state index < -0.39 is 200 Å². The number of aromatic nitrogens is 2. The molecule has 0 fully saturated rings. The summed E-state index contributed by atoms with van der Waals surface area (Å²) in [5.74, 6) is -16.2. The van der Waals surface area contributed by atoms with Crippen molar-refractivity contribution in [3.05, 3.63) is 54.1 Å². The molecule has 29 heteroatoms. The predicted octanol–water partition coefficient (Wildman–Crippen LogP) is -4.72. The molecule has 29 nitrogen and oxygen atoms in total. The van der Waals surface area contributed by atoms with Gasteiger partial charge in [-0.3, -0.25) is 43.2 Å². The number of nitrogens with zero attached hydrogens (tertiary/aromatic N) is 3. The van der Waals surface area contributed by atoms with Crippen LogP contribution in [0.1, 0.15) is 97.9 Å². The molecule has 0 radical (unpaired) electrons. The smallest absolute Gasteiger partial charge is 0.328 e. The molecule has 0 unspecified atom stereocenters. The van der Waals surface area contributed by atoms with E-state index in [-0.39, 0.29) is 24.5 Å². The minimum absolute atomic E-state index is 0.0316. The highest BCUT2D eigenvalue weighted by Crippen LogP contribution is 2.27. The Hall–Kier alpha value is -6.51. The summed E-state index contributed by atoms with van der Waals surface area (Å²) in [6.07, 6.45) is -14.8. The summed E-state index contributed by atoms with van der Waals surface area (Å²) in [4.78, 5) is 139. The quantitative estimate of drug-likeness (QED) is 0.0300. The van der Waals surface area contributed by atoms with Crippen molar-refractivity contribution in [3.63, 3.8) is 0 Å². The molecule has 84 heavy (non-hydrogen) atoms. The number of carbonyl (C=O) groups is 10. The van der Waals surface area contributed by atoms with Crippen LogP contribution in [-0.2, 0) is 66.2 Å². The molecule has 14 atom stereocenters. The van der Waals surface area contributed by atoms with Crippen molar-refractivity contribution in [2.24, 2.45) is 30.7 Å². The van der Waals surface area contributed by atoms with Crippen LogP contribution in [0, 0.1) is 23.7 Å². The zero-order chi connectivity index (χ0) is 64.3. The Labute approximate surface area is 485 Å². The lowest BCUT2D eigenvalue weighted by atomic mass is 9.85. The third-order valence-corrected chi connectivity index (χ3v) is 14.0. The molecule has 0 spiro atoms. The Kier molecular flexibility index (Phi) is 29.1. The molecule has 0 aliphatic carbocycles. The van der Waals surface area contributed by atoms with Crippen LogP contribution in [-0.4, -0.2) is 235 Å². The molecular weight excluding hydrogens is 1110 g/mol. The van der Waals surface area contributed by atoms with E-state index in [9.17, 15) is 104 Å². The number of imidazole rings is 1. The molecule has 0 bridgehead atoms. The number of hydrogen-bond donors (Lipinski definition) is 15. The summed E-state index contributed by atoms with van der Waals surface area (Å²) >= 11 is 0. The standard InChI is InChI=1S/C55H85N7O22/c1-27(2)16-30(48(75)58-33(25-64)53(80)81)18-38(68)46(54(4,5)82)59-49(76)31(24-63)19-39(69)47(55(6,7)83)60-51(78)40(70)21-36(66)34(17-29-14-12-11-13-15-29)62(9)52(79)45(74)44(73)41(84-10)23-57-50(77)32(20-37(67)42(71)28(3)65)43(72)35-22-56-26-61(35)8/h11-15,22,26-28,30-34,40-47,63-65,70-74,82-83H,16-21,23-25H2,1-10H3,(H,57,77)(H,58,75)(H,59,76)(H,60,78)(H,80,81)/t28-,30+,31-,32+,33-,34-,40-,41-,42+,43-,44-,45-,46+,47+/m0/s1. The fourth-order valence-electron chi connectivity index (χ4n) is 9.01. The molecule has 1 heterocycles. The monoisotopic (exact) mass is 1200 g/mol. The van der Waals surface area contributed by atoms with Gasteiger partial charge in [0.2, 0.25) is 23.6 Å². The van der Waals surface area contributed by atoms with Crippen molar-refractivity contribution < 1.29 is 109 Å². The fraction of sp³-hybridized carbons (Fsp3) is 0.655. The van der Waals surface area contributed by atoms with Crippen molar-refractivity contribution in [3.8, 4) is 0 Å². The maximum atomic E-state index is 14.1. The van der Waals surface area contributed by atoms with Crippen LogP contribution in [0.4, 0.5) is 0 Å². The number of benzene rings is 1. The Morgan fingerprint density at radius 3 is 1.69 bits per heavy atom. The summed E-state index contributed by atoms with van der Waals surface area (Å²) in [7, 11) is 3.62. The van der Waals surface area contributed by atoms with Crippen molar-refractivity contribution in [2.75, 3.05) is 33.9 Å². The van der Waals surface area contributed by atoms with Gasteiger partial charge in [-0.1, -0.05) is 44.2 Å². The molecule has 0 saturated carbocycles. The number of nitrogens with one attached hydrogen (secondary N) is 4. The summed E-state index contributed by atoms with van der Waals surface area (Å²) in [5.41, 5.74) is -3.70. The third kappa shape index (κ3) is 21.8. The van der Waals surface area contributed by atoms with Gasteiger partial charge in [-0.2, -0.15) is 0 Å². The molecule has 2 aromatic rings. The first-order chi connectivity index (χ1) is 38.9. The van der Waals surface area contributed by atoms with Gasteiger partial charge in [-0.05, 0) is 58.9 Å². The van der Waals surface area contributed by atoms with Gasteiger partial charge in [-0.15, -0.1) is 0 Å². The normalized spacial score (nSPS) is 17.0. The maximum Gasteiger partial charge on any atom is 0.328 e. The number of carbonyl (C=O) groups excluding carboxylic acids is 9. The first-order valence-corrected chi connectivity index (χ1v) is 27.0. The number of carboxylic acids is 1. The summed E-state index contributed by atoms with van der Waals surface area (Å²) in [5, 5.41) is 125. The third-order valence-electron chi connectivity index (χ3n) is 14.0. The topological polar surface area (TPSA) is 472 Å². The molecule has 5 amide bonds. The van der Waals surface area contributed by atoms with E-state index in [4.69, 9.17) is 4.74 Å². The average Bonchev–Trinajstić information content (AvgIpc) is 4.00. The first-order valence-electron chi connectivity index (χ1n) is 27.0. The number of aliphatic hydroxyl groups excluding tert-OH is 8. The molecule has 1 aromatic heterocycles. The highest BCUT2D eigenvalue weighted by Gasteiger charge is 2.44. The Balaban J connectivity index is 2.33. The molecule has 15 N–H and O–H groups in total. The zero-order valence-corrected chi connectivity index (χ0v) is 48.8. The van der Waals surface area contributed by atoms with Gasteiger partial charge in [0.05, 0.1) is 66.6 Å². The first kappa shape index (κ1) is 73.6. The van der Waals surface area contributed by atoms with Crippen LogP contribution in [0.15, 0.2) is 42.9 Å². The minimum Gasteiger partial charge on any atom is -0.480 e. The minimum atomic E-state index is -2.40. The van der Waals surface area contributed by atoms with Crippen molar-refractivity contribution in [2.45, 2.75) is 165 Å². The lowest BCUT2D eigenvalue weighted by Crippen LogP contribution is -2.58. The van der Waals surface area contributed by atoms with Gasteiger partial charge >= 0.3 is 5.97 Å². The number of amides is 5. The van der Waals surface area contributed by atoms with Gasteiger partial charge in [-0.25, -0.2) is 9.78 Å². The van der Waals surface area contributed by atoms with E-state index >= 15 is 0 Å². The van der Waals surface area contributed by atoms with Gasteiger partial charge in [0.1, 0.15) is 48.6 Å². The Morgan fingerprint density at radius 1 is 0.690 bits per heavy atom. The molecule has 1 aromatic carbocycles. The van der Waals surface area contributed by atoms with Crippen molar-refractivity contribution in [1.29, 1.82) is 0 Å². The summed E-state index contributed by atoms with van der Waals surface area (Å²) in [6, 6.07) is 0.930. The predicted molar refractivity (Wildman–Crippen MR) is 293 cm³/mol. The summed E-state index contributed by atoms with van der Waals surface area (Å²) in [6.45, 7) is 6.29. The van der Waals surface area contributed by atoms with Crippen LogP contribution >= 0.6 is 0 Å². The largest absolute Gasteiger partial charge is 0.480 e. The molecule has 0 aliphatic rings. The van der Waals surface area contributed by atoms with Crippen LogP contribution in [0.2, 0.25) is 0 Å². The fourth-order valence-corrected chi connectivity index (χ4v) is 9.01. The highest BCUT2D eigenvalue weighted by atomic mass is 16.5. The van der Waals surface area contributed by atoms with Crippen LogP contribution in [0.25, 0.3) is 0 Å². The summed E-state index contributed by atoms with van der Waals surface area (Å²) < 4.78 is 6.65. The number of Topliss-reactive ketones (excluding diaryl/α,β-unsaturated/α-hetero) is 4. The zero-order valence-electron chi connectivity index (χ0n) is 48.8. The van der Waals surface area contributed by atoms with Crippen molar-refractivity contribution >= 4 is 58.6 Å². The number of rotatable bonds is 38. The van der Waals surface area contributed by atoms with Crippen molar-refractivity contribution in [1.82, 2.24) is 35.7 Å². The number of likely N-dealkylation sites (N-methyl/N-ethyl adjacent to an activating group) is 1. The van der Waals surface area contributed by atoms with Gasteiger partial charge in [0, 0.05) is 59.4 Å². The van der Waals surface area contributed by atoms with Crippen LogP contribution in [0.3, 0.4) is 0 Å². The van der Waals surface area contributed by atoms with E-state index in [2.05, 4.69) is 26.3 Å². The molecule has 0 aliphatic heterocycles. The van der Waals surface area contributed by atoms with Gasteiger partial charge in [0.15, 0.2) is 29.2 Å². The number of ether oxygens (including phenoxy) is 1. The van der Waals surface area contributed by atoms with E-state index in [1.807, 2.05) is 0 Å². The van der Waals surface area contributed by atoms with Crippen LogP contribution in [0.5, 0.6) is 0 Å². The second-order valence-electron chi connectivity index (χ2n) is 22.5. The lowest BCUT2D eigenvalue weighted by molar-refractivity contribution is -0.156. The number of hydrogen-bond acceptors (Lipinski definition) is 22. The molecule has 2 rings (SSSR count). The van der Waals surface area contributed by atoms with Gasteiger partial charge in [0.25, 0.3) is 5.91 Å². The Bertz CT molecular complexity index is 2550. The number of aryl methyl sites for hydroxylation is 1. The molecule has 0 saturated heterocycles. The molecule has 472 valence electrons. The maximum absolute atomic E-state index is 14.1. The molecular formula is C55H85N7O22. The van der Waals surface area contributed by atoms with E-state index in [1.165, 1.54) is 24.1 Å². The van der Waals surface area contributed by atoms with E-state index in [1.54, 1.807) is 44.2 Å².